The highest BCUT2D eigenvalue weighted by Crippen LogP contribution is 2.38. The molecule has 0 unspecified atom stereocenters. The average Bonchev–Trinajstić information content (AvgIpc) is 3.55. The van der Waals surface area contributed by atoms with E-state index in [0.717, 1.165) is 12.8 Å². The molecule has 0 saturated heterocycles. The lowest BCUT2D eigenvalue weighted by Gasteiger charge is -2.13. The first-order valence-corrected chi connectivity index (χ1v) is 9.24. The summed E-state index contributed by atoms with van der Waals surface area (Å²) in [5.41, 5.74) is 1.61. The van der Waals surface area contributed by atoms with Crippen molar-refractivity contribution in [3.05, 3.63) is 53.6 Å². The molecule has 1 saturated carbocycles. The Hall–Kier alpha value is -3.48. The molecule has 0 heterocycles. The van der Waals surface area contributed by atoms with Gasteiger partial charge in [-0.15, -0.1) is 0 Å². The van der Waals surface area contributed by atoms with Gasteiger partial charge in [-0.2, -0.15) is 0 Å². The lowest BCUT2D eigenvalue weighted by Crippen LogP contribution is -2.26. The second-order valence-corrected chi connectivity index (χ2v) is 6.57. The number of ether oxygens (including phenoxy) is 3. The van der Waals surface area contributed by atoms with Crippen LogP contribution < -0.4 is 24.8 Å². The molecular weight excluding hydrogens is 372 g/mol. The molecule has 1 aliphatic rings. The molecule has 0 atom stereocenters. The summed E-state index contributed by atoms with van der Waals surface area (Å²) in [6.07, 6.45) is 5.01. The smallest absolute Gasteiger partial charge is 0.253 e. The lowest BCUT2D eigenvalue weighted by molar-refractivity contribution is -0.111. The maximum Gasteiger partial charge on any atom is 0.253 e. The lowest BCUT2D eigenvalue weighted by atomic mass is 10.1. The van der Waals surface area contributed by atoms with Crippen LogP contribution in [-0.4, -0.2) is 39.2 Å². The largest absolute Gasteiger partial charge is 0.493 e. The maximum absolute atomic E-state index is 12.4. The van der Waals surface area contributed by atoms with Gasteiger partial charge in [0.05, 0.1) is 32.6 Å². The van der Waals surface area contributed by atoms with Gasteiger partial charge in [0.2, 0.25) is 11.7 Å². The molecule has 2 amide bonds. The Morgan fingerprint density at radius 2 is 1.66 bits per heavy atom. The van der Waals surface area contributed by atoms with Crippen LogP contribution in [0.15, 0.2) is 42.5 Å². The van der Waals surface area contributed by atoms with Crippen LogP contribution in [0.1, 0.15) is 28.8 Å². The highest BCUT2D eigenvalue weighted by molar-refractivity contribution is 6.07. The fraction of sp³-hybridized carbons (Fsp3) is 0.273. The fourth-order valence-electron chi connectivity index (χ4n) is 2.82. The number of para-hydroxylation sites is 1. The van der Waals surface area contributed by atoms with Crippen molar-refractivity contribution >= 4 is 23.6 Å². The summed E-state index contributed by atoms with van der Waals surface area (Å²) >= 11 is 0. The van der Waals surface area contributed by atoms with Gasteiger partial charge in [0.15, 0.2) is 11.5 Å². The molecule has 3 rings (SSSR count). The number of carbonyl (C=O) groups is 2. The summed E-state index contributed by atoms with van der Waals surface area (Å²) in [6.45, 7) is 0. The third-order valence-electron chi connectivity index (χ3n) is 4.46. The van der Waals surface area contributed by atoms with Gasteiger partial charge in [0.25, 0.3) is 5.91 Å². The predicted octanol–water partition coefficient (Wildman–Crippen LogP) is 3.26. The van der Waals surface area contributed by atoms with Crippen LogP contribution >= 0.6 is 0 Å². The minimum absolute atomic E-state index is 0.183. The van der Waals surface area contributed by atoms with E-state index in [1.54, 1.807) is 42.5 Å². The zero-order valence-corrected chi connectivity index (χ0v) is 16.7. The second kappa shape index (κ2) is 9.14. The van der Waals surface area contributed by atoms with Crippen molar-refractivity contribution in [2.75, 3.05) is 26.6 Å². The Morgan fingerprint density at radius 1 is 1.00 bits per heavy atom. The van der Waals surface area contributed by atoms with Crippen molar-refractivity contribution < 1.29 is 23.8 Å². The molecule has 0 bridgehead atoms. The van der Waals surface area contributed by atoms with Crippen molar-refractivity contribution in [2.45, 2.75) is 18.9 Å². The van der Waals surface area contributed by atoms with E-state index in [1.807, 2.05) is 0 Å². The zero-order valence-electron chi connectivity index (χ0n) is 16.7. The Balaban J connectivity index is 1.74. The molecule has 0 aromatic heterocycles. The number of rotatable bonds is 8. The van der Waals surface area contributed by atoms with Gasteiger partial charge in [0, 0.05) is 12.1 Å². The molecule has 7 heteroatoms. The van der Waals surface area contributed by atoms with E-state index in [1.165, 1.54) is 27.4 Å². The molecule has 0 radical (unpaired) electrons. The normalized spacial score (nSPS) is 13.1. The van der Waals surface area contributed by atoms with Crippen LogP contribution in [0.5, 0.6) is 17.2 Å². The highest BCUT2D eigenvalue weighted by atomic mass is 16.5. The predicted molar refractivity (Wildman–Crippen MR) is 111 cm³/mol. The van der Waals surface area contributed by atoms with E-state index in [2.05, 4.69) is 10.6 Å². The molecule has 0 aliphatic heterocycles. The third kappa shape index (κ3) is 5.07. The van der Waals surface area contributed by atoms with Crippen LogP contribution in [-0.2, 0) is 4.79 Å². The van der Waals surface area contributed by atoms with Gasteiger partial charge in [-0.25, -0.2) is 0 Å². The van der Waals surface area contributed by atoms with E-state index in [9.17, 15) is 9.59 Å². The quantitative estimate of drug-likeness (QED) is 0.669. The van der Waals surface area contributed by atoms with E-state index < -0.39 is 0 Å². The summed E-state index contributed by atoms with van der Waals surface area (Å²) < 4.78 is 15.9. The van der Waals surface area contributed by atoms with Crippen molar-refractivity contribution in [2.24, 2.45) is 0 Å². The first kappa shape index (κ1) is 20.3. The minimum Gasteiger partial charge on any atom is -0.493 e. The Bertz CT molecular complexity index is 910. The number of carbonyl (C=O) groups excluding carboxylic acids is 2. The Labute approximate surface area is 169 Å². The van der Waals surface area contributed by atoms with Gasteiger partial charge in [-0.05, 0) is 48.7 Å². The van der Waals surface area contributed by atoms with Gasteiger partial charge >= 0.3 is 0 Å². The molecular formula is C22H24N2O5. The zero-order chi connectivity index (χ0) is 20.8. The van der Waals surface area contributed by atoms with Crippen LogP contribution in [0.25, 0.3) is 6.08 Å². The van der Waals surface area contributed by atoms with Crippen molar-refractivity contribution in [1.82, 2.24) is 5.32 Å². The van der Waals surface area contributed by atoms with Gasteiger partial charge in [-0.3, -0.25) is 9.59 Å². The number of benzene rings is 2. The molecule has 29 heavy (non-hydrogen) atoms. The molecule has 2 N–H and O–H groups in total. The number of hydrogen-bond donors (Lipinski definition) is 2. The molecule has 1 aliphatic carbocycles. The van der Waals surface area contributed by atoms with Crippen LogP contribution in [0, 0.1) is 0 Å². The number of hydrogen-bond acceptors (Lipinski definition) is 5. The average molecular weight is 396 g/mol. The van der Waals surface area contributed by atoms with Crippen molar-refractivity contribution in [3.63, 3.8) is 0 Å². The summed E-state index contributed by atoms with van der Waals surface area (Å²) in [5.74, 6) is 0.928. The monoisotopic (exact) mass is 396 g/mol. The first-order chi connectivity index (χ1) is 14.0. The summed E-state index contributed by atoms with van der Waals surface area (Å²) in [6, 6.07) is 10.6. The summed E-state index contributed by atoms with van der Waals surface area (Å²) in [5, 5.41) is 5.69. The van der Waals surface area contributed by atoms with Crippen molar-refractivity contribution in [3.8, 4) is 17.2 Å². The van der Waals surface area contributed by atoms with E-state index in [-0.39, 0.29) is 17.9 Å². The van der Waals surface area contributed by atoms with E-state index >= 15 is 0 Å². The SMILES string of the molecule is COc1cc(/C=C/C(=O)Nc2ccccc2C(=O)NC2CC2)cc(OC)c1OC. The molecule has 152 valence electrons. The van der Waals surface area contributed by atoms with Crippen LogP contribution in [0.3, 0.4) is 0 Å². The van der Waals surface area contributed by atoms with Crippen LogP contribution in [0.4, 0.5) is 5.69 Å². The third-order valence-corrected chi connectivity index (χ3v) is 4.46. The number of methoxy groups -OCH3 is 3. The van der Waals surface area contributed by atoms with Gasteiger partial charge < -0.3 is 24.8 Å². The minimum atomic E-state index is -0.356. The topological polar surface area (TPSA) is 85.9 Å². The van der Waals surface area contributed by atoms with Crippen LogP contribution in [0.2, 0.25) is 0 Å². The molecule has 2 aromatic rings. The number of nitrogens with one attached hydrogen (secondary N) is 2. The standard InChI is InChI=1S/C22H24N2O5/c1-27-18-12-14(13-19(28-2)21(18)29-3)8-11-20(25)24-17-7-5-4-6-16(17)22(26)23-15-9-10-15/h4-8,11-13,15H,9-10H2,1-3H3,(H,23,26)(H,24,25)/b11-8+. The molecule has 1 fully saturated rings. The molecule has 0 spiro atoms. The fourth-order valence-corrected chi connectivity index (χ4v) is 2.82. The molecule has 2 aromatic carbocycles. The van der Waals surface area contributed by atoms with Gasteiger partial charge in [-0.1, -0.05) is 12.1 Å². The number of amides is 2. The van der Waals surface area contributed by atoms with E-state index in [0.29, 0.717) is 34.1 Å². The second-order valence-electron chi connectivity index (χ2n) is 6.57. The number of anilines is 1. The Kier molecular flexibility index (Phi) is 6.39. The Morgan fingerprint density at radius 3 is 2.24 bits per heavy atom. The highest BCUT2D eigenvalue weighted by Gasteiger charge is 2.24. The maximum atomic E-state index is 12.4. The van der Waals surface area contributed by atoms with Gasteiger partial charge in [0.1, 0.15) is 0 Å². The molecule has 7 nitrogen and oxygen atoms in total. The van der Waals surface area contributed by atoms with E-state index in [4.69, 9.17) is 14.2 Å². The summed E-state index contributed by atoms with van der Waals surface area (Å²) in [4.78, 5) is 24.8. The van der Waals surface area contributed by atoms with Crippen molar-refractivity contribution in [1.29, 1.82) is 0 Å². The first-order valence-electron chi connectivity index (χ1n) is 9.24. The summed E-state index contributed by atoms with van der Waals surface area (Å²) in [7, 11) is 4.59.